The highest BCUT2D eigenvalue weighted by atomic mass is 14.8. The Balaban J connectivity index is 1.80. The third-order valence-corrected chi connectivity index (χ3v) is 3.63. The fourth-order valence-electron chi connectivity index (χ4n) is 2.50. The molecule has 0 aliphatic carbocycles. The van der Waals surface area contributed by atoms with Gasteiger partial charge in [-0.05, 0) is 34.0 Å². The maximum atomic E-state index is 4.07. The van der Waals surface area contributed by atoms with E-state index in [-0.39, 0.29) is 0 Å². The molecule has 0 amide bonds. The summed E-state index contributed by atoms with van der Waals surface area (Å²) in [6.45, 7) is 0. The van der Waals surface area contributed by atoms with E-state index in [0.29, 0.717) is 0 Å². The van der Waals surface area contributed by atoms with Gasteiger partial charge in [-0.15, -0.1) is 0 Å². The van der Waals surface area contributed by atoms with Crippen molar-refractivity contribution in [2.75, 3.05) is 0 Å². The summed E-state index contributed by atoms with van der Waals surface area (Å²) in [6.07, 6.45) is 10.4. The van der Waals surface area contributed by atoms with Crippen molar-refractivity contribution in [2.24, 2.45) is 0 Å². The zero-order valence-electron chi connectivity index (χ0n) is 11.7. The van der Waals surface area contributed by atoms with Crippen molar-refractivity contribution >= 4 is 10.8 Å². The second-order valence-electron chi connectivity index (χ2n) is 5.03. The molecule has 0 saturated heterocycles. The summed E-state index contributed by atoms with van der Waals surface area (Å²) in [5, 5.41) is 2.36. The van der Waals surface area contributed by atoms with E-state index in [9.17, 15) is 0 Å². The van der Waals surface area contributed by atoms with Crippen LogP contribution in [0.4, 0.5) is 0 Å². The lowest BCUT2D eigenvalue weighted by atomic mass is 10.00. The summed E-state index contributed by atoms with van der Waals surface area (Å²) >= 11 is 0. The minimum atomic E-state index is 1.02. The Labute approximate surface area is 127 Å². The number of aromatic nitrogens is 4. The van der Waals surface area contributed by atoms with Crippen molar-refractivity contribution in [1.82, 2.24) is 19.9 Å². The molecule has 4 nitrogen and oxygen atoms in total. The van der Waals surface area contributed by atoms with Crippen molar-refractivity contribution in [3.05, 3.63) is 73.8 Å². The van der Waals surface area contributed by atoms with E-state index in [1.54, 1.807) is 12.7 Å². The lowest BCUT2D eigenvalue weighted by Gasteiger charge is -2.06. The first kappa shape index (κ1) is 12.6. The summed E-state index contributed by atoms with van der Waals surface area (Å²) < 4.78 is 0. The minimum Gasteiger partial charge on any atom is -0.244 e. The highest BCUT2D eigenvalue weighted by Crippen LogP contribution is 2.27. The first-order chi connectivity index (χ1) is 10.9. The third-order valence-electron chi connectivity index (χ3n) is 3.63. The van der Waals surface area contributed by atoms with Crippen LogP contribution in [0.25, 0.3) is 33.0 Å². The maximum absolute atomic E-state index is 4.07. The molecule has 0 unspecified atom stereocenters. The van der Waals surface area contributed by atoms with Gasteiger partial charge in [-0.3, -0.25) is 0 Å². The van der Waals surface area contributed by atoms with E-state index in [4.69, 9.17) is 0 Å². The first-order valence-corrected chi connectivity index (χ1v) is 6.95. The number of hydrogen-bond donors (Lipinski definition) is 0. The molecule has 0 bridgehead atoms. The monoisotopic (exact) mass is 284 g/mol. The Bertz CT molecular complexity index is 842. The van der Waals surface area contributed by atoms with Crippen LogP contribution in [-0.2, 0) is 0 Å². The molecule has 2 aromatic heterocycles. The number of benzene rings is 2. The summed E-state index contributed by atoms with van der Waals surface area (Å²) in [6, 6.07) is 12.7. The van der Waals surface area contributed by atoms with Crippen molar-refractivity contribution in [3.8, 4) is 22.3 Å². The highest BCUT2D eigenvalue weighted by molar-refractivity contribution is 5.90. The smallest absolute Gasteiger partial charge is 0.115 e. The molecule has 0 aliphatic heterocycles. The van der Waals surface area contributed by atoms with Crippen LogP contribution in [0, 0.1) is 0 Å². The van der Waals surface area contributed by atoms with Crippen LogP contribution in [0.2, 0.25) is 0 Å². The van der Waals surface area contributed by atoms with Crippen molar-refractivity contribution in [2.45, 2.75) is 0 Å². The van der Waals surface area contributed by atoms with E-state index in [1.807, 2.05) is 24.8 Å². The van der Waals surface area contributed by atoms with E-state index >= 15 is 0 Å². The molecule has 2 aromatic carbocycles. The molecular formula is C18H12N4. The Morgan fingerprint density at radius 2 is 0.864 bits per heavy atom. The molecule has 4 heteroatoms. The topological polar surface area (TPSA) is 51.6 Å². The van der Waals surface area contributed by atoms with Crippen LogP contribution in [0.15, 0.2) is 73.8 Å². The zero-order chi connectivity index (χ0) is 14.8. The summed E-state index contributed by atoms with van der Waals surface area (Å²) in [4.78, 5) is 16.3. The van der Waals surface area contributed by atoms with Gasteiger partial charge in [-0.25, -0.2) is 19.9 Å². The number of hydrogen-bond acceptors (Lipinski definition) is 4. The number of fused-ring (bicyclic) bond motifs is 1. The van der Waals surface area contributed by atoms with Crippen LogP contribution in [0.1, 0.15) is 0 Å². The van der Waals surface area contributed by atoms with Crippen LogP contribution in [-0.4, -0.2) is 19.9 Å². The number of nitrogens with zero attached hydrogens (tertiary/aromatic N) is 4. The van der Waals surface area contributed by atoms with E-state index in [2.05, 4.69) is 56.3 Å². The van der Waals surface area contributed by atoms with Gasteiger partial charge in [0.2, 0.25) is 0 Å². The van der Waals surface area contributed by atoms with Crippen LogP contribution < -0.4 is 0 Å². The van der Waals surface area contributed by atoms with E-state index in [1.165, 1.54) is 10.8 Å². The largest absolute Gasteiger partial charge is 0.244 e. The van der Waals surface area contributed by atoms with Gasteiger partial charge in [0.05, 0.1) is 0 Å². The molecule has 0 radical (unpaired) electrons. The molecule has 4 rings (SSSR count). The number of rotatable bonds is 2. The summed E-state index contributed by atoms with van der Waals surface area (Å²) in [5.41, 5.74) is 4.27. The van der Waals surface area contributed by atoms with E-state index in [0.717, 1.165) is 22.3 Å². The predicted octanol–water partition coefficient (Wildman–Crippen LogP) is 3.75. The Hall–Kier alpha value is -3.14. The molecule has 0 spiro atoms. The Morgan fingerprint density at radius 3 is 1.27 bits per heavy atom. The second-order valence-corrected chi connectivity index (χ2v) is 5.03. The average molecular weight is 284 g/mol. The molecule has 0 aliphatic rings. The summed E-state index contributed by atoms with van der Waals surface area (Å²) in [5.74, 6) is 0. The van der Waals surface area contributed by atoms with Crippen LogP contribution in [0.3, 0.4) is 0 Å². The SMILES string of the molecule is c1ncc(-c2ccc3cc(-c4cncnc4)ccc3c2)cn1. The zero-order valence-corrected chi connectivity index (χ0v) is 11.7. The van der Waals surface area contributed by atoms with Crippen LogP contribution >= 0.6 is 0 Å². The second kappa shape index (κ2) is 5.33. The molecule has 0 N–H and O–H groups in total. The molecule has 0 saturated carbocycles. The van der Waals surface area contributed by atoms with Gasteiger partial charge in [-0.2, -0.15) is 0 Å². The quantitative estimate of drug-likeness (QED) is 0.562. The van der Waals surface area contributed by atoms with Gasteiger partial charge >= 0.3 is 0 Å². The average Bonchev–Trinajstić information content (AvgIpc) is 2.62. The Kier molecular flexibility index (Phi) is 3.05. The minimum absolute atomic E-state index is 1.02. The van der Waals surface area contributed by atoms with Gasteiger partial charge in [0.25, 0.3) is 0 Å². The lowest BCUT2D eigenvalue weighted by molar-refractivity contribution is 1.17. The van der Waals surface area contributed by atoms with Gasteiger partial charge in [0.15, 0.2) is 0 Å². The molecule has 22 heavy (non-hydrogen) atoms. The Morgan fingerprint density at radius 1 is 0.455 bits per heavy atom. The fraction of sp³-hybridized carbons (Fsp3) is 0. The summed E-state index contributed by atoms with van der Waals surface area (Å²) in [7, 11) is 0. The van der Waals surface area contributed by atoms with Gasteiger partial charge in [0.1, 0.15) is 12.7 Å². The standard InChI is InChI=1S/C18H12N4/c1-3-15(17-7-19-11-20-8-17)6-14-2-4-16(5-13(1)14)18-9-21-12-22-10-18/h1-12H. The molecule has 4 aromatic rings. The van der Waals surface area contributed by atoms with Crippen molar-refractivity contribution < 1.29 is 0 Å². The third kappa shape index (κ3) is 2.31. The molecule has 0 atom stereocenters. The highest BCUT2D eigenvalue weighted by Gasteiger charge is 2.03. The van der Waals surface area contributed by atoms with Gasteiger partial charge in [-0.1, -0.05) is 24.3 Å². The predicted molar refractivity (Wildman–Crippen MR) is 86.0 cm³/mol. The van der Waals surface area contributed by atoms with Gasteiger partial charge < -0.3 is 0 Å². The normalized spacial score (nSPS) is 10.7. The molecule has 104 valence electrons. The lowest BCUT2D eigenvalue weighted by Crippen LogP contribution is -1.84. The van der Waals surface area contributed by atoms with Crippen LogP contribution in [0.5, 0.6) is 0 Å². The molecule has 2 heterocycles. The maximum Gasteiger partial charge on any atom is 0.115 e. The van der Waals surface area contributed by atoms with Gasteiger partial charge in [0, 0.05) is 35.9 Å². The van der Waals surface area contributed by atoms with Crippen molar-refractivity contribution in [3.63, 3.8) is 0 Å². The van der Waals surface area contributed by atoms with Crippen molar-refractivity contribution in [1.29, 1.82) is 0 Å². The molecule has 0 fully saturated rings. The first-order valence-electron chi connectivity index (χ1n) is 6.95. The molecular weight excluding hydrogens is 272 g/mol. The van der Waals surface area contributed by atoms with E-state index < -0.39 is 0 Å². The fourth-order valence-corrected chi connectivity index (χ4v) is 2.50.